The molecule has 106 valence electrons. The zero-order valence-corrected chi connectivity index (χ0v) is 11.9. The van der Waals surface area contributed by atoms with E-state index < -0.39 is 0 Å². The Morgan fingerprint density at radius 1 is 1.37 bits per heavy atom. The van der Waals surface area contributed by atoms with Gasteiger partial charge in [-0.05, 0) is 32.7 Å². The average Bonchev–Trinajstić information content (AvgIpc) is 2.43. The van der Waals surface area contributed by atoms with Crippen LogP contribution in [0.5, 0.6) is 5.75 Å². The van der Waals surface area contributed by atoms with Gasteiger partial charge in [-0.25, -0.2) is 0 Å². The number of pyridine rings is 1. The first-order valence-corrected chi connectivity index (χ1v) is 7.32. The first kappa shape index (κ1) is 14.1. The van der Waals surface area contributed by atoms with Crippen LogP contribution in [0.15, 0.2) is 17.1 Å². The highest BCUT2D eigenvalue weighted by molar-refractivity contribution is 5.20. The molecule has 0 spiro atoms. The summed E-state index contributed by atoms with van der Waals surface area (Å²) in [5.74, 6) is -0.156. The normalized spacial score (nSPS) is 20.6. The van der Waals surface area contributed by atoms with Gasteiger partial charge in [0.05, 0.1) is 6.20 Å². The first-order valence-electron chi connectivity index (χ1n) is 7.32. The predicted octanol–water partition coefficient (Wildman–Crippen LogP) is 2.34. The van der Waals surface area contributed by atoms with Crippen molar-refractivity contribution in [2.45, 2.75) is 58.7 Å². The van der Waals surface area contributed by atoms with E-state index in [-0.39, 0.29) is 11.2 Å². The fraction of sp³-hybridized carbons (Fsp3) is 0.667. The van der Waals surface area contributed by atoms with E-state index in [1.54, 1.807) is 12.3 Å². The Hall–Kier alpha value is -1.29. The molecular formula is C15H24N2O2. The van der Waals surface area contributed by atoms with Gasteiger partial charge in [0.2, 0.25) is 5.43 Å². The number of hydrogen-bond acceptors (Lipinski definition) is 3. The van der Waals surface area contributed by atoms with Gasteiger partial charge in [-0.3, -0.25) is 9.69 Å². The van der Waals surface area contributed by atoms with Crippen LogP contribution in [-0.4, -0.2) is 27.2 Å². The molecule has 1 aliphatic rings. The van der Waals surface area contributed by atoms with Crippen molar-refractivity contribution in [2.75, 3.05) is 6.54 Å². The minimum atomic E-state index is -0.273. The number of aromatic hydroxyl groups is 1. The molecule has 4 heteroatoms. The fourth-order valence-corrected chi connectivity index (χ4v) is 2.97. The van der Waals surface area contributed by atoms with Crippen molar-refractivity contribution < 1.29 is 5.11 Å². The van der Waals surface area contributed by atoms with E-state index in [0.29, 0.717) is 6.04 Å². The average molecular weight is 264 g/mol. The van der Waals surface area contributed by atoms with Gasteiger partial charge < -0.3 is 9.67 Å². The lowest BCUT2D eigenvalue weighted by Gasteiger charge is -2.35. The van der Waals surface area contributed by atoms with Crippen LogP contribution in [0.2, 0.25) is 0 Å². The number of rotatable bonds is 4. The summed E-state index contributed by atoms with van der Waals surface area (Å²) in [6, 6.07) is 2.21. The van der Waals surface area contributed by atoms with Gasteiger partial charge in [0, 0.05) is 30.9 Å². The maximum absolute atomic E-state index is 11.6. The quantitative estimate of drug-likeness (QED) is 0.908. The molecule has 0 saturated carbocycles. The van der Waals surface area contributed by atoms with Crippen molar-refractivity contribution >= 4 is 0 Å². The molecule has 1 atom stereocenters. The van der Waals surface area contributed by atoms with Gasteiger partial charge in [-0.2, -0.15) is 0 Å². The monoisotopic (exact) mass is 264 g/mol. The van der Waals surface area contributed by atoms with Crippen LogP contribution in [0.25, 0.3) is 0 Å². The molecular weight excluding hydrogens is 240 g/mol. The molecule has 19 heavy (non-hydrogen) atoms. The van der Waals surface area contributed by atoms with Crippen molar-refractivity contribution in [2.24, 2.45) is 0 Å². The number of nitrogens with zero attached hydrogens (tertiary/aromatic N) is 2. The Bertz CT molecular complexity index is 482. The molecule has 1 fully saturated rings. The summed E-state index contributed by atoms with van der Waals surface area (Å²) in [6.45, 7) is 6.95. The smallest absolute Gasteiger partial charge is 0.223 e. The van der Waals surface area contributed by atoms with Crippen molar-refractivity contribution in [3.8, 4) is 5.75 Å². The summed E-state index contributed by atoms with van der Waals surface area (Å²) in [7, 11) is 0. The van der Waals surface area contributed by atoms with E-state index in [2.05, 4.69) is 11.8 Å². The molecule has 1 aliphatic heterocycles. The Morgan fingerprint density at radius 3 is 2.84 bits per heavy atom. The highest BCUT2D eigenvalue weighted by atomic mass is 16.3. The third-order valence-corrected chi connectivity index (χ3v) is 4.12. The molecule has 0 aliphatic carbocycles. The Balaban J connectivity index is 2.22. The molecule has 1 N–H and O–H groups in total. The second-order valence-electron chi connectivity index (χ2n) is 5.33. The highest BCUT2D eigenvalue weighted by Gasteiger charge is 2.21. The van der Waals surface area contributed by atoms with Crippen LogP contribution in [0.1, 0.15) is 45.2 Å². The van der Waals surface area contributed by atoms with E-state index in [4.69, 9.17) is 0 Å². The summed E-state index contributed by atoms with van der Waals surface area (Å²) >= 11 is 0. The topological polar surface area (TPSA) is 45.5 Å². The van der Waals surface area contributed by atoms with Gasteiger partial charge in [0.15, 0.2) is 5.75 Å². The summed E-state index contributed by atoms with van der Waals surface area (Å²) in [5, 5.41) is 9.51. The molecule has 2 heterocycles. The maximum atomic E-state index is 11.6. The SMILES string of the molecule is CCC1CCCCN1Cc1cc(=O)c(O)cn1CC. The molecule has 1 saturated heterocycles. The molecule has 0 aromatic carbocycles. The lowest BCUT2D eigenvalue weighted by molar-refractivity contribution is 0.132. The predicted molar refractivity (Wildman–Crippen MR) is 76.4 cm³/mol. The van der Waals surface area contributed by atoms with Gasteiger partial charge >= 0.3 is 0 Å². The Kier molecular flexibility index (Phi) is 4.64. The standard InChI is InChI=1S/C15H24N2O2/c1-3-12-7-5-6-8-17(12)10-13-9-14(18)15(19)11-16(13)4-2/h9,11-12,19H,3-8,10H2,1-2H3. The number of aromatic nitrogens is 1. The zero-order chi connectivity index (χ0) is 13.8. The van der Waals surface area contributed by atoms with E-state index in [1.165, 1.54) is 19.3 Å². The molecule has 0 radical (unpaired) electrons. The minimum Gasteiger partial charge on any atom is -0.503 e. The van der Waals surface area contributed by atoms with Gasteiger partial charge in [-0.1, -0.05) is 13.3 Å². The van der Waals surface area contributed by atoms with E-state index in [1.807, 2.05) is 11.5 Å². The molecule has 1 aromatic heterocycles. The van der Waals surface area contributed by atoms with Crippen molar-refractivity contribution in [1.29, 1.82) is 0 Å². The number of likely N-dealkylation sites (tertiary alicyclic amines) is 1. The number of piperidine rings is 1. The molecule has 0 bridgehead atoms. The molecule has 1 unspecified atom stereocenters. The van der Waals surface area contributed by atoms with Crippen molar-refractivity contribution in [1.82, 2.24) is 9.47 Å². The largest absolute Gasteiger partial charge is 0.503 e. The van der Waals surface area contributed by atoms with Crippen molar-refractivity contribution in [3.63, 3.8) is 0 Å². The molecule has 1 aromatic rings. The minimum absolute atomic E-state index is 0.156. The van der Waals surface area contributed by atoms with E-state index >= 15 is 0 Å². The van der Waals surface area contributed by atoms with E-state index in [9.17, 15) is 9.90 Å². The van der Waals surface area contributed by atoms with Crippen LogP contribution in [0.3, 0.4) is 0 Å². The Morgan fingerprint density at radius 2 is 2.16 bits per heavy atom. The second kappa shape index (κ2) is 6.24. The van der Waals surface area contributed by atoms with Crippen LogP contribution in [0.4, 0.5) is 0 Å². The summed E-state index contributed by atoms with van der Waals surface area (Å²) in [5.41, 5.74) is 0.732. The number of aryl methyl sites for hydroxylation is 1. The summed E-state index contributed by atoms with van der Waals surface area (Å²) in [6.07, 6.45) is 6.53. The van der Waals surface area contributed by atoms with Crippen LogP contribution >= 0.6 is 0 Å². The molecule has 2 rings (SSSR count). The van der Waals surface area contributed by atoms with Crippen LogP contribution in [0, 0.1) is 0 Å². The number of hydrogen-bond donors (Lipinski definition) is 1. The Labute approximate surface area is 114 Å². The molecule has 4 nitrogen and oxygen atoms in total. The van der Waals surface area contributed by atoms with Crippen LogP contribution in [-0.2, 0) is 13.1 Å². The maximum Gasteiger partial charge on any atom is 0.223 e. The fourth-order valence-electron chi connectivity index (χ4n) is 2.97. The van der Waals surface area contributed by atoms with Gasteiger partial charge in [0.25, 0.3) is 0 Å². The third-order valence-electron chi connectivity index (χ3n) is 4.12. The van der Waals surface area contributed by atoms with E-state index in [0.717, 1.165) is 31.7 Å². The summed E-state index contributed by atoms with van der Waals surface area (Å²) < 4.78 is 1.97. The van der Waals surface area contributed by atoms with Gasteiger partial charge in [-0.15, -0.1) is 0 Å². The first-order chi connectivity index (χ1) is 9.15. The van der Waals surface area contributed by atoms with Crippen LogP contribution < -0.4 is 5.43 Å². The summed E-state index contributed by atoms with van der Waals surface area (Å²) in [4.78, 5) is 14.1. The molecule has 0 amide bonds. The van der Waals surface area contributed by atoms with Gasteiger partial charge in [0.1, 0.15) is 0 Å². The lowest BCUT2D eigenvalue weighted by Crippen LogP contribution is -2.39. The second-order valence-corrected chi connectivity index (χ2v) is 5.33. The lowest BCUT2D eigenvalue weighted by atomic mass is 10.00. The van der Waals surface area contributed by atoms with Crippen molar-refractivity contribution in [3.05, 3.63) is 28.2 Å². The third kappa shape index (κ3) is 3.18. The zero-order valence-electron chi connectivity index (χ0n) is 11.9. The highest BCUT2D eigenvalue weighted by Crippen LogP contribution is 2.21.